The highest BCUT2D eigenvalue weighted by atomic mass is 31.2. The molecule has 0 spiro atoms. The van der Waals surface area contributed by atoms with Gasteiger partial charge in [0.2, 0.25) is 0 Å². The maximum absolute atomic E-state index is 4.98. The van der Waals surface area contributed by atoms with Gasteiger partial charge in [-0.05, 0) is 68.0 Å². The summed E-state index contributed by atoms with van der Waals surface area (Å²) in [5.74, 6) is 0. The van der Waals surface area contributed by atoms with Crippen LogP contribution in [-0.2, 0) is 10.8 Å². The SMILES string of the molecule is C=P1(c2ccccc2)c2cc(C(C)(C)C)ccc2-c2ccc(C(C)(C)C)cc21. The molecule has 0 bridgehead atoms. The summed E-state index contributed by atoms with van der Waals surface area (Å²) in [5, 5.41) is 4.24. The summed E-state index contributed by atoms with van der Waals surface area (Å²) in [7, 11) is 0. The number of hydrogen-bond acceptors (Lipinski definition) is 0. The molecule has 0 N–H and O–H groups in total. The lowest BCUT2D eigenvalue weighted by molar-refractivity contribution is 0.590. The van der Waals surface area contributed by atoms with Gasteiger partial charge in [0, 0.05) is 0 Å². The van der Waals surface area contributed by atoms with Gasteiger partial charge in [-0.15, -0.1) is 0 Å². The topological polar surface area (TPSA) is 0 Å². The van der Waals surface area contributed by atoms with E-state index in [-0.39, 0.29) is 10.8 Å². The molecule has 4 rings (SSSR count). The molecule has 0 radical (unpaired) electrons. The van der Waals surface area contributed by atoms with Crippen LogP contribution >= 0.6 is 6.89 Å². The fourth-order valence-electron chi connectivity index (χ4n) is 4.17. The molecule has 0 atom stereocenters. The van der Waals surface area contributed by atoms with Crippen molar-refractivity contribution in [1.29, 1.82) is 0 Å². The van der Waals surface area contributed by atoms with E-state index in [0.717, 1.165) is 0 Å². The first-order chi connectivity index (χ1) is 13.0. The minimum atomic E-state index is -1.90. The molecule has 3 aromatic rings. The third-order valence-corrected chi connectivity index (χ3v) is 9.60. The Hall–Kier alpha value is -2.04. The van der Waals surface area contributed by atoms with Crippen molar-refractivity contribution in [3.63, 3.8) is 0 Å². The lowest BCUT2D eigenvalue weighted by Gasteiger charge is -2.27. The summed E-state index contributed by atoms with van der Waals surface area (Å²) in [6, 6.07) is 25.1. The molecule has 0 amide bonds. The summed E-state index contributed by atoms with van der Waals surface area (Å²) >= 11 is 0. The first-order valence-electron chi connectivity index (χ1n) is 10.1. The Labute approximate surface area is 170 Å². The van der Waals surface area contributed by atoms with E-state index >= 15 is 0 Å². The van der Waals surface area contributed by atoms with Crippen molar-refractivity contribution < 1.29 is 0 Å². The number of rotatable bonds is 1. The van der Waals surface area contributed by atoms with Gasteiger partial charge in [-0.3, -0.25) is 0 Å². The Morgan fingerprint density at radius 3 is 1.43 bits per heavy atom. The van der Waals surface area contributed by atoms with Gasteiger partial charge in [-0.2, -0.15) is 0 Å². The van der Waals surface area contributed by atoms with Crippen molar-refractivity contribution in [3.05, 3.63) is 77.9 Å². The van der Waals surface area contributed by atoms with Crippen LogP contribution in [0.4, 0.5) is 0 Å². The van der Waals surface area contributed by atoms with Crippen LogP contribution in [0.5, 0.6) is 0 Å². The Balaban J connectivity index is 2.06. The van der Waals surface area contributed by atoms with E-state index in [2.05, 4.69) is 108 Å². The van der Waals surface area contributed by atoms with E-state index in [9.17, 15) is 0 Å². The molecule has 0 nitrogen and oxygen atoms in total. The maximum atomic E-state index is 4.98. The Kier molecular flexibility index (Phi) is 4.29. The molecule has 1 aliphatic heterocycles. The van der Waals surface area contributed by atoms with Crippen molar-refractivity contribution in [2.75, 3.05) is 0 Å². The molecule has 0 saturated carbocycles. The molecule has 1 aliphatic rings. The van der Waals surface area contributed by atoms with Crippen LogP contribution in [0.3, 0.4) is 0 Å². The predicted molar refractivity (Wildman–Crippen MR) is 129 cm³/mol. The highest BCUT2D eigenvalue weighted by Gasteiger charge is 2.35. The van der Waals surface area contributed by atoms with Gasteiger partial charge < -0.3 is 0 Å². The van der Waals surface area contributed by atoms with Crippen LogP contribution in [-0.4, -0.2) is 6.30 Å². The van der Waals surface area contributed by atoms with Gasteiger partial charge in [-0.1, -0.05) is 102 Å². The van der Waals surface area contributed by atoms with E-state index in [0.29, 0.717) is 0 Å². The number of hydrogen-bond donors (Lipinski definition) is 0. The number of fused-ring (bicyclic) bond motifs is 3. The second-order valence-electron chi connectivity index (χ2n) is 10.1. The van der Waals surface area contributed by atoms with E-state index in [1.165, 1.54) is 38.2 Å². The zero-order chi connectivity index (χ0) is 20.3. The maximum Gasteiger partial charge on any atom is -0.00840 e. The normalized spacial score (nSPS) is 15.2. The quantitative estimate of drug-likeness (QED) is 0.353. The van der Waals surface area contributed by atoms with Gasteiger partial charge in [-0.25, -0.2) is 0 Å². The number of benzene rings is 3. The predicted octanol–water partition coefficient (Wildman–Crippen LogP) is 5.99. The average molecular weight is 387 g/mol. The molecule has 0 fully saturated rings. The molecule has 1 heteroatoms. The van der Waals surface area contributed by atoms with Crippen molar-refractivity contribution >= 4 is 29.1 Å². The van der Waals surface area contributed by atoms with Crippen molar-refractivity contribution in [2.45, 2.75) is 52.4 Å². The fraction of sp³-hybridized carbons (Fsp3) is 0.296. The minimum Gasteiger partial charge on any atom is -0.0886 e. The third kappa shape index (κ3) is 2.90. The van der Waals surface area contributed by atoms with Crippen LogP contribution < -0.4 is 15.9 Å². The van der Waals surface area contributed by atoms with E-state index in [1.807, 2.05) is 0 Å². The lowest BCUT2D eigenvalue weighted by atomic mass is 9.85. The van der Waals surface area contributed by atoms with Crippen LogP contribution in [0.15, 0.2) is 66.7 Å². The summed E-state index contributed by atoms with van der Waals surface area (Å²) in [6.07, 6.45) is 4.98. The summed E-state index contributed by atoms with van der Waals surface area (Å²) in [5.41, 5.74) is 5.77. The lowest BCUT2D eigenvalue weighted by Crippen LogP contribution is -2.24. The molecule has 1 heterocycles. The molecular weight excluding hydrogens is 355 g/mol. The van der Waals surface area contributed by atoms with Crippen LogP contribution in [0, 0.1) is 0 Å². The van der Waals surface area contributed by atoms with Crippen LogP contribution in [0.25, 0.3) is 11.1 Å². The molecule has 3 aromatic carbocycles. The first kappa shape index (κ1) is 19.3. The highest BCUT2D eigenvalue weighted by Crippen LogP contribution is 2.52. The first-order valence-corrected chi connectivity index (χ1v) is 12.1. The van der Waals surface area contributed by atoms with Gasteiger partial charge >= 0.3 is 0 Å². The molecule has 0 saturated heterocycles. The van der Waals surface area contributed by atoms with Gasteiger partial charge in [0.25, 0.3) is 0 Å². The zero-order valence-electron chi connectivity index (χ0n) is 18.0. The molecule has 144 valence electrons. The van der Waals surface area contributed by atoms with Crippen LogP contribution in [0.2, 0.25) is 0 Å². The van der Waals surface area contributed by atoms with Crippen molar-refractivity contribution in [1.82, 2.24) is 0 Å². The second-order valence-corrected chi connectivity index (χ2v) is 13.2. The minimum absolute atomic E-state index is 0.127. The summed E-state index contributed by atoms with van der Waals surface area (Å²) in [6.45, 7) is 11.9. The zero-order valence-corrected chi connectivity index (χ0v) is 18.9. The highest BCUT2D eigenvalue weighted by molar-refractivity contribution is 7.94. The Morgan fingerprint density at radius 2 is 1.04 bits per heavy atom. The average Bonchev–Trinajstić information content (AvgIpc) is 2.90. The molecule has 0 unspecified atom stereocenters. The summed E-state index contributed by atoms with van der Waals surface area (Å²) < 4.78 is 0. The molecule has 0 aromatic heterocycles. The van der Waals surface area contributed by atoms with E-state index < -0.39 is 6.89 Å². The van der Waals surface area contributed by atoms with E-state index in [4.69, 9.17) is 6.30 Å². The Morgan fingerprint density at radius 1 is 0.607 bits per heavy atom. The van der Waals surface area contributed by atoms with Crippen LogP contribution in [0.1, 0.15) is 52.7 Å². The smallest absolute Gasteiger partial charge is 0.00840 e. The molecule has 0 aliphatic carbocycles. The van der Waals surface area contributed by atoms with Crippen molar-refractivity contribution in [2.24, 2.45) is 0 Å². The van der Waals surface area contributed by atoms with Gasteiger partial charge in [0.05, 0.1) is 0 Å². The summed E-state index contributed by atoms with van der Waals surface area (Å²) in [4.78, 5) is 0. The largest absolute Gasteiger partial charge is 0.0886 e. The van der Waals surface area contributed by atoms with Gasteiger partial charge in [0.1, 0.15) is 0 Å². The second kappa shape index (κ2) is 6.23. The third-order valence-electron chi connectivity index (χ3n) is 6.04. The standard InChI is InChI=1S/C27H31P/c1-26(2,3)19-13-15-22-23-16-14-20(27(4,5)6)18-25(23)28(7,24(22)17-19)21-11-9-8-10-12-21/h8-18H,7H2,1-6H3. The molecule has 28 heavy (non-hydrogen) atoms. The van der Waals surface area contributed by atoms with Gasteiger partial charge in [0.15, 0.2) is 0 Å². The molecular formula is C27H31P. The van der Waals surface area contributed by atoms with Crippen molar-refractivity contribution in [3.8, 4) is 11.1 Å². The van der Waals surface area contributed by atoms with E-state index in [1.54, 1.807) is 0 Å². The Bertz CT molecular complexity index is 1020. The fourth-order valence-corrected chi connectivity index (χ4v) is 7.60. The monoisotopic (exact) mass is 386 g/mol.